The molecule has 4 rings (SSSR count). The van der Waals surface area contributed by atoms with E-state index < -0.39 is 10.0 Å². The van der Waals surface area contributed by atoms with Crippen molar-refractivity contribution in [2.45, 2.75) is 11.8 Å². The summed E-state index contributed by atoms with van der Waals surface area (Å²) in [4.78, 5) is 12.3. The Hall–Kier alpha value is -3.63. The smallest absolute Gasteiger partial charge is 0.255 e. The number of hydrogen-bond donors (Lipinski definition) is 2. The molecule has 0 unspecified atom stereocenters. The largest absolute Gasteiger partial charge is 0.322 e. The highest BCUT2D eigenvalue weighted by Gasteiger charge is 2.11. The average molecular weight is 408 g/mol. The van der Waals surface area contributed by atoms with Gasteiger partial charge in [0.2, 0.25) is 10.0 Å². The number of hydrogen-bond acceptors (Lipinski definition) is 6. The third-order valence-electron chi connectivity index (χ3n) is 4.30. The normalized spacial score (nSPS) is 11.5. The first-order valence-corrected chi connectivity index (χ1v) is 10.1. The van der Waals surface area contributed by atoms with E-state index in [1.807, 2.05) is 31.2 Å². The molecule has 0 atom stereocenters. The summed E-state index contributed by atoms with van der Waals surface area (Å²) in [5.74, 6) is 0.331. The Balaban J connectivity index is 1.51. The van der Waals surface area contributed by atoms with Gasteiger partial charge in [0.25, 0.3) is 5.91 Å². The van der Waals surface area contributed by atoms with E-state index in [1.165, 1.54) is 24.3 Å². The molecule has 29 heavy (non-hydrogen) atoms. The van der Waals surface area contributed by atoms with Crippen LogP contribution >= 0.6 is 0 Å². The predicted molar refractivity (Wildman–Crippen MR) is 107 cm³/mol. The fourth-order valence-electron chi connectivity index (χ4n) is 2.77. The summed E-state index contributed by atoms with van der Waals surface area (Å²) in [6.07, 6.45) is 0. The van der Waals surface area contributed by atoms with Crippen LogP contribution in [0.25, 0.3) is 16.9 Å². The number of rotatable bonds is 4. The molecule has 0 saturated carbocycles. The maximum absolute atomic E-state index is 12.4. The number of primary sulfonamides is 1. The number of anilines is 1. The maximum Gasteiger partial charge on any atom is 0.255 e. The van der Waals surface area contributed by atoms with E-state index in [1.54, 1.807) is 16.6 Å². The Bertz CT molecular complexity index is 1310. The van der Waals surface area contributed by atoms with Crippen molar-refractivity contribution in [3.05, 3.63) is 72.1 Å². The number of sulfonamides is 1. The molecule has 0 spiro atoms. The summed E-state index contributed by atoms with van der Waals surface area (Å²) >= 11 is 0. The van der Waals surface area contributed by atoms with Crippen LogP contribution in [-0.2, 0) is 10.0 Å². The number of aryl methyl sites for hydroxylation is 1. The second kappa shape index (κ2) is 7.08. The van der Waals surface area contributed by atoms with Crippen LogP contribution in [0.1, 0.15) is 16.2 Å². The van der Waals surface area contributed by atoms with E-state index in [2.05, 4.69) is 20.6 Å². The highest BCUT2D eigenvalue weighted by Crippen LogP contribution is 2.20. The van der Waals surface area contributed by atoms with Crippen LogP contribution in [0, 0.1) is 6.92 Å². The zero-order valence-electron chi connectivity index (χ0n) is 15.3. The lowest BCUT2D eigenvalue weighted by Crippen LogP contribution is -2.14. The molecule has 2 aromatic heterocycles. The first-order chi connectivity index (χ1) is 13.8. The molecule has 1 amide bonds. The highest BCUT2D eigenvalue weighted by molar-refractivity contribution is 7.89. The number of fused-ring (bicyclic) bond motifs is 1. The molecule has 0 radical (unpaired) electrons. The first kappa shape index (κ1) is 18.7. The van der Waals surface area contributed by atoms with Gasteiger partial charge in [-0.1, -0.05) is 12.1 Å². The zero-order valence-corrected chi connectivity index (χ0v) is 16.1. The molecule has 0 aliphatic heterocycles. The lowest BCUT2D eigenvalue weighted by Gasteiger charge is -2.07. The Kier molecular flexibility index (Phi) is 4.57. The molecule has 0 aliphatic carbocycles. The van der Waals surface area contributed by atoms with Crippen molar-refractivity contribution in [1.29, 1.82) is 0 Å². The zero-order chi connectivity index (χ0) is 20.6. The minimum Gasteiger partial charge on any atom is -0.322 e. The van der Waals surface area contributed by atoms with E-state index >= 15 is 0 Å². The third kappa shape index (κ3) is 3.84. The number of benzene rings is 2. The summed E-state index contributed by atoms with van der Waals surface area (Å²) in [6, 6.07) is 16.3. The van der Waals surface area contributed by atoms with Crippen molar-refractivity contribution >= 4 is 27.3 Å². The number of nitrogens with one attached hydrogen (secondary N) is 1. The van der Waals surface area contributed by atoms with Crippen molar-refractivity contribution in [2.75, 3.05) is 5.32 Å². The second-order valence-electron chi connectivity index (χ2n) is 6.34. The van der Waals surface area contributed by atoms with Crippen molar-refractivity contribution in [3.8, 4) is 11.3 Å². The molecule has 146 valence electrons. The van der Waals surface area contributed by atoms with E-state index in [0.29, 0.717) is 22.7 Å². The van der Waals surface area contributed by atoms with E-state index in [4.69, 9.17) is 5.14 Å². The first-order valence-electron chi connectivity index (χ1n) is 8.55. The van der Waals surface area contributed by atoms with Gasteiger partial charge >= 0.3 is 0 Å². The van der Waals surface area contributed by atoms with Crippen LogP contribution in [0.4, 0.5) is 5.69 Å². The summed E-state index contributed by atoms with van der Waals surface area (Å²) < 4.78 is 24.2. The monoisotopic (exact) mass is 408 g/mol. The average Bonchev–Trinajstić information content (AvgIpc) is 3.08. The molecule has 3 N–H and O–H groups in total. The van der Waals surface area contributed by atoms with Gasteiger partial charge in [-0.25, -0.2) is 13.6 Å². The molecule has 4 aromatic rings. The molecular weight excluding hydrogens is 392 g/mol. The van der Waals surface area contributed by atoms with Crippen LogP contribution in [-0.4, -0.2) is 34.1 Å². The number of aromatic nitrogens is 4. The number of carbonyl (C=O) groups excluding carboxylic acids is 1. The molecule has 2 aromatic carbocycles. The minimum absolute atomic E-state index is 0.0498. The van der Waals surface area contributed by atoms with E-state index in [0.717, 1.165) is 11.3 Å². The van der Waals surface area contributed by atoms with Gasteiger partial charge in [0.15, 0.2) is 11.5 Å². The second-order valence-corrected chi connectivity index (χ2v) is 7.90. The van der Waals surface area contributed by atoms with Gasteiger partial charge in [0, 0.05) is 16.8 Å². The predicted octanol–water partition coefficient (Wildman–Crippen LogP) is 2.00. The molecular formula is C19H16N6O3S. The molecule has 0 aliphatic rings. The minimum atomic E-state index is -3.80. The fourth-order valence-corrected chi connectivity index (χ4v) is 3.29. The van der Waals surface area contributed by atoms with Crippen LogP contribution in [0.3, 0.4) is 0 Å². The van der Waals surface area contributed by atoms with E-state index in [-0.39, 0.29) is 10.8 Å². The van der Waals surface area contributed by atoms with Crippen LogP contribution in [0.15, 0.2) is 65.6 Å². The Labute approximate surface area is 166 Å². The molecule has 10 heteroatoms. The van der Waals surface area contributed by atoms with Gasteiger partial charge in [-0.2, -0.15) is 9.61 Å². The summed E-state index contributed by atoms with van der Waals surface area (Å²) in [5.41, 5.74) is 3.20. The quantitative estimate of drug-likeness (QED) is 0.531. The van der Waals surface area contributed by atoms with Crippen molar-refractivity contribution in [3.63, 3.8) is 0 Å². The molecule has 9 nitrogen and oxygen atoms in total. The van der Waals surface area contributed by atoms with Crippen LogP contribution in [0.5, 0.6) is 0 Å². The van der Waals surface area contributed by atoms with Crippen molar-refractivity contribution in [1.82, 2.24) is 19.8 Å². The van der Waals surface area contributed by atoms with Gasteiger partial charge in [-0.05, 0) is 55.5 Å². The lowest BCUT2D eigenvalue weighted by atomic mass is 10.1. The fraction of sp³-hybridized carbons (Fsp3) is 0.0526. The molecule has 0 bridgehead atoms. The SMILES string of the molecule is Cc1nnc2ccc(-c3ccc(NC(=O)c4ccc(S(N)(=O)=O)cc4)cc3)nn12. The highest BCUT2D eigenvalue weighted by atomic mass is 32.2. The molecule has 0 fully saturated rings. The Morgan fingerprint density at radius 3 is 2.31 bits per heavy atom. The Morgan fingerprint density at radius 1 is 0.966 bits per heavy atom. The topological polar surface area (TPSA) is 132 Å². The van der Waals surface area contributed by atoms with Gasteiger partial charge < -0.3 is 5.32 Å². The number of amides is 1. The summed E-state index contributed by atoms with van der Waals surface area (Å²) in [6.45, 7) is 1.82. The standard InChI is InChI=1S/C19H16N6O3S/c1-12-22-23-18-11-10-17(24-25(12)18)13-2-6-15(7-3-13)21-19(26)14-4-8-16(9-5-14)29(20,27)28/h2-11H,1H3,(H,21,26)(H2,20,27,28). The van der Waals surface area contributed by atoms with Crippen molar-refractivity contribution in [2.24, 2.45) is 5.14 Å². The third-order valence-corrected chi connectivity index (χ3v) is 5.23. The Morgan fingerprint density at radius 2 is 1.66 bits per heavy atom. The molecule has 2 heterocycles. The maximum atomic E-state index is 12.4. The summed E-state index contributed by atoms with van der Waals surface area (Å²) in [7, 11) is -3.80. The van der Waals surface area contributed by atoms with Crippen molar-refractivity contribution < 1.29 is 13.2 Å². The summed E-state index contributed by atoms with van der Waals surface area (Å²) in [5, 5.41) is 20.3. The van der Waals surface area contributed by atoms with E-state index in [9.17, 15) is 13.2 Å². The lowest BCUT2D eigenvalue weighted by molar-refractivity contribution is 0.102. The number of nitrogens with two attached hydrogens (primary N) is 1. The van der Waals surface area contributed by atoms with Gasteiger partial charge in [-0.3, -0.25) is 4.79 Å². The van der Waals surface area contributed by atoms with Gasteiger partial charge in [0.05, 0.1) is 10.6 Å². The number of carbonyl (C=O) groups is 1. The van der Waals surface area contributed by atoms with Crippen LogP contribution in [0.2, 0.25) is 0 Å². The number of nitrogens with zero attached hydrogens (tertiary/aromatic N) is 4. The van der Waals surface area contributed by atoms with Crippen LogP contribution < -0.4 is 10.5 Å². The molecule has 0 saturated heterocycles. The van der Waals surface area contributed by atoms with Gasteiger partial charge in [-0.15, -0.1) is 10.2 Å². The van der Waals surface area contributed by atoms with Gasteiger partial charge in [0.1, 0.15) is 0 Å².